The van der Waals surface area contributed by atoms with Gasteiger partial charge in [0.05, 0.1) is 44.0 Å². The third-order valence-corrected chi connectivity index (χ3v) is 17.1. The molecule has 1 saturated heterocycles. The van der Waals surface area contributed by atoms with E-state index in [9.17, 15) is 18.5 Å². The third-order valence-electron chi connectivity index (χ3n) is 12.7. The normalized spacial score (nSPS) is 14.3. The van der Waals surface area contributed by atoms with Crippen LogP contribution in [0.25, 0.3) is 0 Å². The van der Waals surface area contributed by atoms with Crippen LogP contribution < -0.4 is 30.5 Å². The van der Waals surface area contributed by atoms with Gasteiger partial charge in [-0.05, 0) is 157 Å². The van der Waals surface area contributed by atoms with Crippen LogP contribution in [-0.2, 0) is 47.4 Å². The Balaban J connectivity index is 1.21. The molecular formula is C62H71N6O9P3. The monoisotopic (exact) mass is 1140 g/mol. The average molecular weight is 1140 g/mol. The molecule has 1 aliphatic heterocycles. The molecule has 4 heterocycles. The van der Waals surface area contributed by atoms with Gasteiger partial charge in [0, 0.05) is 98.9 Å². The molecule has 0 amide bonds. The van der Waals surface area contributed by atoms with E-state index in [-0.39, 0.29) is 13.2 Å². The van der Waals surface area contributed by atoms with Gasteiger partial charge in [0.1, 0.15) is 47.8 Å². The van der Waals surface area contributed by atoms with Gasteiger partial charge in [-0.15, -0.1) is 0 Å². The maximum absolute atomic E-state index is 14.0. The van der Waals surface area contributed by atoms with Gasteiger partial charge in [-0.1, -0.05) is 35.5 Å². The minimum absolute atomic E-state index is 0.201. The highest BCUT2D eigenvalue weighted by atomic mass is 31.2. The van der Waals surface area contributed by atoms with Gasteiger partial charge in [0.15, 0.2) is 6.61 Å². The SMILES string of the molecule is CCOc1ccc(C#Cc2cc(CN3CCN(Cc4cc(C#Cc5ccc(OCC(=O)OC)cc5)cc(P(C)(C)=O)n4)CCN(Cc4cc(C#Cc5ccc(OCC)cc5)cc(P(C)(=O)OCC)n4)CC3)nc(P(C)(C)=O)c2)cc1. The van der Waals surface area contributed by atoms with Crippen LogP contribution >= 0.6 is 21.7 Å². The number of hydrogen-bond acceptors (Lipinski definition) is 15. The fourth-order valence-electron chi connectivity index (χ4n) is 8.46. The van der Waals surface area contributed by atoms with E-state index in [0.717, 1.165) is 45.1 Å². The van der Waals surface area contributed by atoms with Gasteiger partial charge in [0.2, 0.25) is 7.37 Å². The van der Waals surface area contributed by atoms with Crippen LogP contribution in [0.15, 0.2) is 109 Å². The van der Waals surface area contributed by atoms with Crippen molar-refractivity contribution < 1.29 is 42.0 Å². The van der Waals surface area contributed by atoms with Crippen LogP contribution in [0, 0.1) is 35.5 Å². The fourth-order valence-corrected chi connectivity index (χ4v) is 11.4. The molecule has 3 aromatic heterocycles. The summed E-state index contributed by atoms with van der Waals surface area (Å²) in [6, 6.07) is 33.6. The third kappa shape index (κ3) is 18.9. The topological polar surface area (TPSA) is 163 Å². The Bertz CT molecular complexity index is 3460. The Labute approximate surface area is 472 Å². The Morgan fingerprint density at radius 2 is 0.762 bits per heavy atom. The van der Waals surface area contributed by atoms with Crippen molar-refractivity contribution in [2.45, 2.75) is 40.4 Å². The van der Waals surface area contributed by atoms with E-state index >= 15 is 0 Å². The predicted octanol–water partition coefficient (Wildman–Crippen LogP) is 8.31. The Morgan fingerprint density at radius 1 is 0.450 bits per heavy atom. The van der Waals surface area contributed by atoms with Crippen molar-refractivity contribution in [1.82, 2.24) is 29.7 Å². The molecule has 15 nitrogen and oxygen atoms in total. The zero-order valence-corrected chi connectivity index (χ0v) is 50.0. The van der Waals surface area contributed by atoms with Crippen LogP contribution in [0.1, 0.15) is 71.2 Å². The van der Waals surface area contributed by atoms with Gasteiger partial charge >= 0.3 is 5.97 Å². The standard InChI is InChI=1S/C62H71N6O9P3/c1-10-74-56-25-19-47(20-26-56)13-16-50-37-53(63-59(40-50)78(5,6)70)43-66-31-32-67(44-54-38-51(41-60(64-54)79(7,8)71)17-14-49-23-29-58(30-24-49)76-46-62(69)73-4)34-36-68(35-33-66)45-55-39-52(42-61(65-55)80(9,72)77-12-3)18-15-48-21-27-57(28-22-48)75-11-2/h19-30,37-42H,10-12,31-36,43-46H2,1-9H3. The van der Waals surface area contributed by atoms with Crippen molar-refractivity contribution in [2.24, 2.45) is 0 Å². The summed E-state index contributed by atoms with van der Waals surface area (Å²) in [5.74, 6) is 21.2. The molecule has 418 valence electrons. The number of pyridine rings is 3. The minimum atomic E-state index is -3.31. The van der Waals surface area contributed by atoms with Crippen LogP contribution in [0.3, 0.4) is 0 Å². The molecule has 0 N–H and O–H groups in total. The van der Waals surface area contributed by atoms with E-state index in [1.165, 1.54) is 7.11 Å². The number of ether oxygens (including phenoxy) is 4. The lowest BCUT2D eigenvalue weighted by molar-refractivity contribution is -0.142. The number of aromatic nitrogens is 3. The van der Waals surface area contributed by atoms with Gasteiger partial charge in [-0.25, -0.2) is 19.7 Å². The minimum Gasteiger partial charge on any atom is -0.494 e. The first kappa shape index (κ1) is 60.8. The summed E-state index contributed by atoms with van der Waals surface area (Å²) in [5.41, 5.74) is 7.96. The average Bonchev–Trinajstić information content (AvgIpc) is 3.52. The van der Waals surface area contributed by atoms with E-state index in [2.05, 4.69) is 55.0 Å². The summed E-state index contributed by atoms with van der Waals surface area (Å²) in [6.07, 6.45) is 0. The molecule has 0 radical (unpaired) electrons. The first-order valence-electron chi connectivity index (χ1n) is 26.6. The number of hydrogen-bond donors (Lipinski definition) is 0. The van der Waals surface area contributed by atoms with E-state index < -0.39 is 27.6 Å². The number of carbonyl (C=O) groups is 1. The first-order valence-corrected chi connectivity index (χ1v) is 33.9. The summed E-state index contributed by atoms with van der Waals surface area (Å²) >= 11 is 0. The van der Waals surface area contributed by atoms with Crippen molar-refractivity contribution in [2.75, 3.05) is 106 Å². The van der Waals surface area contributed by atoms with Gasteiger partial charge < -0.3 is 32.6 Å². The van der Waals surface area contributed by atoms with Crippen LogP contribution in [0.4, 0.5) is 0 Å². The number of nitrogens with zero attached hydrogens (tertiary/aromatic N) is 6. The van der Waals surface area contributed by atoms with E-state index in [0.29, 0.717) is 111 Å². The zero-order valence-electron chi connectivity index (χ0n) is 47.3. The molecule has 6 aromatic rings. The smallest absolute Gasteiger partial charge is 0.343 e. The van der Waals surface area contributed by atoms with Crippen molar-refractivity contribution in [3.8, 4) is 52.8 Å². The molecule has 0 spiro atoms. The number of carbonyl (C=O) groups excluding carboxylic acids is 1. The fraction of sp³-hybridized carbons (Fsp3) is 0.355. The van der Waals surface area contributed by atoms with Crippen molar-refractivity contribution >= 4 is 43.9 Å². The van der Waals surface area contributed by atoms with Gasteiger partial charge in [-0.3, -0.25) is 19.3 Å². The van der Waals surface area contributed by atoms with E-state index in [1.54, 1.807) is 57.6 Å². The highest BCUT2D eigenvalue weighted by Gasteiger charge is 2.25. The molecule has 80 heavy (non-hydrogen) atoms. The molecule has 1 unspecified atom stereocenters. The van der Waals surface area contributed by atoms with Crippen LogP contribution in [0.5, 0.6) is 17.2 Å². The molecule has 18 heteroatoms. The number of benzene rings is 3. The highest BCUT2D eigenvalue weighted by Crippen LogP contribution is 2.40. The van der Waals surface area contributed by atoms with Crippen molar-refractivity contribution in [3.05, 3.63) is 160 Å². The lowest BCUT2D eigenvalue weighted by Gasteiger charge is -2.26. The molecule has 1 fully saturated rings. The number of methoxy groups -OCH3 is 1. The largest absolute Gasteiger partial charge is 0.494 e. The second-order valence-electron chi connectivity index (χ2n) is 20.0. The molecule has 7 rings (SSSR count). The van der Waals surface area contributed by atoms with Gasteiger partial charge in [-0.2, -0.15) is 0 Å². The lowest BCUT2D eigenvalue weighted by atomic mass is 10.1. The maximum atomic E-state index is 14.0. The van der Waals surface area contributed by atoms with Crippen LogP contribution in [0.2, 0.25) is 0 Å². The summed E-state index contributed by atoms with van der Waals surface area (Å²) in [4.78, 5) is 33.6. The Morgan fingerprint density at radius 3 is 1.07 bits per heavy atom. The second kappa shape index (κ2) is 28.6. The van der Waals surface area contributed by atoms with Crippen molar-refractivity contribution in [3.63, 3.8) is 0 Å². The van der Waals surface area contributed by atoms with Crippen LogP contribution in [-0.4, -0.2) is 142 Å². The Kier molecular flexibility index (Phi) is 21.7. The predicted molar refractivity (Wildman–Crippen MR) is 319 cm³/mol. The summed E-state index contributed by atoms with van der Waals surface area (Å²) < 4.78 is 68.7. The molecule has 0 saturated carbocycles. The zero-order chi connectivity index (χ0) is 57.3. The number of esters is 1. The second-order valence-corrected chi connectivity index (χ2v) is 28.7. The molecule has 1 aliphatic rings. The molecule has 0 aliphatic carbocycles. The molecule has 3 aromatic carbocycles. The molecule has 1 atom stereocenters. The van der Waals surface area contributed by atoms with E-state index in [4.69, 9.17) is 33.7 Å². The summed E-state index contributed by atoms with van der Waals surface area (Å²) in [6.45, 7) is 20.6. The van der Waals surface area contributed by atoms with E-state index in [1.807, 2.05) is 106 Å². The Hall–Kier alpha value is -6.81. The number of rotatable bonds is 18. The van der Waals surface area contributed by atoms with Gasteiger partial charge in [0.25, 0.3) is 0 Å². The highest BCUT2D eigenvalue weighted by molar-refractivity contribution is 7.70. The molecular weight excluding hydrogens is 1070 g/mol. The maximum Gasteiger partial charge on any atom is 0.343 e. The van der Waals surface area contributed by atoms with Crippen molar-refractivity contribution in [1.29, 1.82) is 0 Å². The summed E-state index contributed by atoms with van der Waals surface area (Å²) in [5, 5.41) is 0. The molecule has 0 bridgehead atoms. The quantitative estimate of drug-likeness (QED) is 0.0459. The first-order chi connectivity index (χ1) is 38.3. The summed E-state index contributed by atoms with van der Waals surface area (Å²) in [7, 11) is -7.62. The lowest BCUT2D eigenvalue weighted by Crippen LogP contribution is -2.36.